The van der Waals surface area contributed by atoms with Crippen molar-refractivity contribution in [3.05, 3.63) is 39.8 Å². The molecule has 1 aromatic carbocycles. The predicted molar refractivity (Wildman–Crippen MR) is 75.5 cm³/mol. The molecule has 1 atom stereocenters. The van der Waals surface area contributed by atoms with Crippen LogP contribution in [0.15, 0.2) is 27.4 Å². The van der Waals surface area contributed by atoms with Crippen molar-refractivity contribution < 1.29 is 24.5 Å². The quantitative estimate of drug-likeness (QED) is 0.722. The standard InChI is InChI=1S/C15H14O6/c1-8-4-10(17)13-12(21-8)5-11-9(14(13)18)2-3-15(19,6-16)7-20-11/h2-5,16,18-19H,6-7H2,1H3/t15-/m1/s1. The number of aryl methyl sites for hydroxylation is 1. The molecule has 1 aromatic heterocycles. The summed E-state index contributed by atoms with van der Waals surface area (Å²) < 4.78 is 10.9. The van der Waals surface area contributed by atoms with Gasteiger partial charge in [-0.3, -0.25) is 4.79 Å². The Morgan fingerprint density at radius 1 is 1.38 bits per heavy atom. The normalized spacial score (nSPS) is 20.9. The van der Waals surface area contributed by atoms with Gasteiger partial charge in [-0.2, -0.15) is 0 Å². The molecule has 1 aliphatic heterocycles. The molecule has 0 aliphatic carbocycles. The number of phenolic OH excluding ortho intramolecular Hbond substituents is 1. The highest BCUT2D eigenvalue weighted by atomic mass is 16.5. The van der Waals surface area contributed by atoms with Gasteiger partial charge in [-0.15, -0.1) is 0 Å². The van der Waals surface area contributed by atoms with Crippen LogP contribution in [0.2, 0.25) is 0 Å². The van der Waals surface area contributed by atoms with Crippen molar-refractivity contribution in [1.82, 2.24) is 0 Å². The van der Waals surface area contributed by atoms with E-state index >= 15 is 0 Å². The largest absolute Gasteiger partial charge is 0.506 e. The van der Waals surface area contributed by atoms with Crippen molar-refractivity contribution in [2.24, 2.45) is 0 Å². The zero-order chi connectivity index (χ0) is 15.2. The van der Waals surface area contributed by atoms with Crippen LogP contribution in [0.25, 0.3) is 17.0 Å². The summed E-state index contributed by atoms with van der Waals surface area (Å²) in [7, 11) is 0. The molecule has 2 heterocycles. The van der Waals surface area contributed by atoms with Crippen molar-refractivity contribution in [3.8, 4) is 11.5 Å². The molecule has 0 unspecified atom stereocenters. The maximum absolute atomic E-state index is 12.0. The van der Waals surface area contributed by atoms with Gasteiger partial charge in [0, 0.05) is 12.1 Å². The van der Waals surface area contributed by atoms with Gasteiger partial charge in [0.2, 0.25) is 0 Å². The van der Waals surface area contributed by atoms with Crippen LogP contribution >= 0.6 is 0 Å². The first-order chi connectivity index (χ1) is 9.93. The number of aliphatic hydroxyl groups excluding tert-OH is 1. The molecule has 6 heteroatoms. The molecule has 3 rings (SSSR count). The molecule has 6 nitrogen and oxygen atoms in total. The third kappa shape index (κ3) is 2.18. The fourth-order valence-electron chi connectivity index (χ4n) is 2.28. The van der Waals surface area contributed by atoms with Crippen LogP contribution in [0.4, 0.5) is 0 Å². The van der Waals surface area contributed by atoms with Crippen LogP contribution in [0.5, 0.6) is 11.5 Å². The Hall–Kier alpha value is -2.31. The summed E-state index contributed by atoms with van der Waals surface area (Å²) in [6.45, 7) is 0.941. The fraction of sp³-hybridized carbons (Fsp3) is 0.267. The van der Waals surface area contributed by atoms with E-state index in [0.29, 0.717) is 5.76 Å². The molecular weight excluding hydrogens is 276 g/mol. The number of benzene rings is 1. The second-order valence-corrected chi connectivity index (χ2v) is 5.12. The average Bonchev–Trinajstić information content (AvgIpc) is 2.59. The zero-order valence-corrected chi connectivity index (χ0v) is 11.3. The summed E-state index contributed by atoms with van der Waals surface area (Å²) >= 11 is 0. The van der Waals surface area contributed by atoms with Gasteiger partial charge < -0.3 is 24.5 Å². The highest BCUT2D eigenvalue weighted by molar-refractivity contribution is 5.90. The summed E-state index contributed by atoms with van der Waals surface area (Å²) in [4.78, 5) is 12.0. The van der Waals surface area contributed by atoms with Gasteiger partial charge in [0.25, 0.3) is 0 Å². The van der Waals surface area contributed by atoms with E-state index in [2.05, 4.69) is 0 Å². The summed E-state index contributed by atoms with van der Waals surface area (Å²) in [6, 6.07) is 2.78. The van der Waals surface area contributed by atoms with Crippen LogP contribution in [-0.4, -0.2) is 34.1 Å². The van der Waals surface area contributed by atoms with E-state index in [0.717, 1.165) is 0 Å². The van der Waals surface area contributed by atoms with Crippen molar-refractivity contribution in [2.75, 3.05) is 13.2 Å². The molecule has 0 saturated heterocycles. The molecule has 0 bridgehead atoms. The molecule has 0 saturated carbocycles. The summed E-state index contributed by atoms with van der Waals surface area (Å²) in [5.74, 6) is 0.423. The molecule has 0 fully saturated rings. The first-order valence-electron chi connectivity index (χ1n) is 6.39. The van der Waals surface area contributed by atoms with Crippen molar-refractivity contribution in [2.45, 2.75) is 12.5 Å². The Kier molecular flexibility index (Phi) is 3.00. The maximum Gasteiger partial charge on any atom is 0.196 e. The zero-order valence-electron chi connectivity index (χ0n) is 11.3. The minimum atomic E-state index is -1.54. The Labute approximate surface area is 119 Å². The number of fused-ring (bicyclic) bond motifs is 2. The van der Waals surface area contributed by atoms with E-state index in [4.69, 9.17) is 9.15 Å². The van der Waals surface area contributed by atoms with Crippen LogP contribution in [0.3, 0.4) is 0 Å². The molecule has 0 radical (unpaired) electrons. The van der Waals surface area contributed by atoms with Gasteiger partial charge in [0.15, 0.2) is 5.43 Å². The van der Waals surface area contributed by atoms with Gasteiger partial charge in [-0.25, -0.2) is 0 Å². The second-order valence-electron chi connectivity index (χ2n) is 5.12. The van der Waals surface area contributed by atoms with Crippen molar-refractivity contribution >= 4 is 17.0 Å². The lowest BCUT2D eigenvalue weighted by Crippen LogP contribution is -2.37. The highest BCUT2D eigenvalue weighted by Gasteiger charge is 2.28. The SMILES string of the molecule is Cc1cc(=O)c2c(O)c3c(cc2o1)OC[C@](O)(CO)C=C3. The second kappa shape index (κ2) is 4.61. The minimum Gasteiger partial charge on any atom is -0.506 e. The number of ether oxygens (including phenoxy) is 1. The molecule has 110 valence electrons. The molecule has 21 heavy (non-hydrogen) atoms. The van der Waals surface area contributed by atoms with E-state index in [9.17, 15) is 20.1 Å². The fourth-order valence-corrected chi connectivity index (χ4v) is 2.28. The van der Waals surface area contributed by atoms with E-state index in [1.54, 1.807) is 6.92 Å². The Balaban J connectivity index is 2.29. The molecule has 0 amide bonds. The van der Waals surface area contributed by atoms with Gasteiger partial charge >= 0.3 is 0 Å². The van der Waals surface area contributed by atoms with Crippen LogP contribution in [-0.2, 0) is 0 Å². The lowest BCUT2D eigenvalue weighted by molar-refractivity contribution is -0.00747. The van der Waals surface area contributed by atoms with E-state index in [-0.39, 0.29) is 40.1 Å². The van der Waals surface area contributed by atoms with Crippen molar-refractivity contribution in [3.63, 3.8) is 0 Å². The smallest absolute Gasteiger partial charge is 0.196 e. The van der Waals surface area contributed by atoms with Crippen LogP contribution in [0, 0.1) is 6.92 Å². The van der Waals surface area contributed by atoms with Crippen LogP contribution in [0.1, 0.15) is 11.3 Å². The number of phenols is 1. The Morgan fingerprint density at radius 3 is 2.86 bits per heavy atom. The molecule has 2 aromatic rings. The van der Waals surface area contributed by atoms with Crippen molar-refractivity contribution in [1.29, 1.82) is 0 Å². The minimum absolute atomic E-state index is 0.0574. The number of hydrogen-bond acceptors (Lipinski definition) is 6. The Morgan fingerprint density at radius 2 is 2.14 bits per heavy atom. The van der Waals surface area contributed by atoms with Gasteiger partial charge in [-0.05, 0) is 19.1 Å². The third-order valence-corrected chi connectivity index (χ3v) is 3.43. The van der Waals surface area contributed by atoms with E-state index < -0.39 is 12.2 Å². The van der Waals surface area contributed by atoms with Gasteiger partial charge in [0.05, 0.1) is 12.2 Å². The maximum atomic E-state index is 12.0. The number of aromatic hydroxyl groups is 1. The van der Waals surface area contributed by atoms with Gasteiger partial charge in [0.1, 0.15) is 40.4 Å². The summed E-state index contributed by atoms with van der Waals surface area (Å²) in [5, 5.41) is 29.6. The lowest BCUT2D eigenvalue weighted by atomic mass is 10.0. The number of hydrogen-bond donors (Lipinski definition) is 3. The van der Waals surface area contributed by atoms with Crippen LogP contribution < -0.4 is 10.2 Å². The number of aliphatic hydroxyl groups is 2. The third-order valence-electron chi connectivity index (χ3n) is 3.43. The summed E-state index contributed by atoms with van der Waals surface area (Å²) in [6.07, 6.45) is 2.76. The first-order valence-corrected chi connectivity index (χ1v) is 6.39. The summed E-state index contributed by atoms with van der Waals surface area (Å²) in [5.41, 5.74) is -1.42. The molecule has 1 aliphatic rings. The first kappa shape index (κ1) is 13.7. The molecule has 3 N–H and O–H groups in total. The lowest BCUT2D eigenvalue weighted by Gasteiger charge is -2.20. The average molecular weight is 290 g/mol. The van der Waals surface area contributed by atoms with Gasteiger partial charge in [-0.1, -0.05) is 0 Å². The van der Waals surface area contributed by atoms with E-state index in [1.807, 2.05) is 0 Å². The Bertz CT molecular complexity index is 804. The van der Waals surface area contributed by atoms with E-state index in [1.165, 1.54) is 24.3 Å². The predicted octanol–water partition coefficient (Wildman–Crippen LogP) is 0.936. The molecular formula is C15H14O6. The number of rotatable bonds is 1. The highest BCUT2D eigenvalue weighted by Crippen LogP contribution is 2.38. The topological polar surface area (TPSA) is 100 Å². The molecule has 0 spiro atoms. The monoisotopic (exact) mass is 290 g/mol.